The van der Waals surface area contributed by atoms with E-state index in [1.807, 2.05) is 17.5 Å². The third-order valence-electron chi connectivity index (χ3n) is 2.71. The highest BCUT2D eigenvalue weighted by Gasteiger charge is 2.11. The fourth-order valence-electron chi connectivity index (χ4n) is 1.73. The molecule has 0 unspecified atom stereocenters. The molecule has 100 valence electrons. The van der Waals surface area contributed by atoms with E-state index < -0.39 is 0 Å². The van der Waals surface area contributed by atoms with E-state index in [-0.39, 0.29) is 11.7 Å². The first-order valence-electron chi connectivity index (χ1n) is 5.79. The monoisotopic (exact) mass is 339 g/mol. The number of likely N-dealkylation sites (N-methyl/N-ethyl adjacent to an activating group) is 1. The van der Waals surface area contributed by atoms with Crippen LogP contribution in [0, 0.1) is 0 Å². The molecule has 0 saturated heterocycles. The van der Waals surface area contributed by atoms with E-state index in [1.165, 1.54) is 0 Å². The van der Waals surface area contributed by atoms with Gasteiger partial charge in [0, 0.05) is 21.8 Å². The Labute approximate surface area is 124 Å². The first kappa shape index (κ1) is 14.1. The summed E-state index contributed by atoms with van der Waals surface area (Å²) in [4.78, 5) is 14.9. The van der Waals surface area contributed by atoms with Gasteiger partial charge in [-0.25, -0.2) is 0 Å². The smallest absolute Gasteiger partial charge is 0.227 e. The lowest BCUT2D eigenvalue weighted by molar-refractivity contribution is -0.129. The molecule has 0 aliphatic carbocycles. The molecule has 1 aromatic heterocycles. The fraction of sp³-hybridized carbons (Fsp3) is 0.214. The van der Waals surface area contributed by atoms with E-state index in [1.54, 1.807) is 41.5 Å². The molecule has 0 fully saturated rings. The summed E-state index contributed by atoms with van der Waals surface area (Å²) in [6.07, 6.45) is 0.303. The van der Waals surface area contributed by atoms with Crippen LogP contribution >= 0.6 is 27.3 Å². The Morgan fingerprint density at radius 2 is 2.21 bits per heavy atom. The first-order valence-corrected chi connectivity index (χ1v) is 7.46. The molecule has 5 heteroatoms. The lowest BCUT2D eigenvalue weighted by Gasteiger charge is -2.16. The van der Waals surface area contributed by atoms with Crippen molar-refractivity contribution in [2.75, 3.05) is 7.05 Å². The maximum absolute atomic E-state index is 12.1. The lowest BCUT2D eigenvalue weighted by atomic mass is 10.1. The quantitative estimate of drug-likeness (QED) is 0.927. The standard InChI is InChI=1S/C14H14BrNO2S/c1-16(8-13-7-11(15)9-19-13)14(18)6-10-3-2-4-12(17)5-10/h2-5,7,9,17H,6,8H2,1H3. The maximum atomic E-state index is 12.1. The van der Waals surface area contributed by atoms with Crippen molar-refractivity contribution in [1.29, 1.82) is 0 Å². The number of thiophene rings is 1. The maximum Gasteiger partial charge on any atom is 0.227 e. The Morgan fingerprint density at radius 1 is 1.42 bits per heavy atom. The molecular formula is C14H14BrNO2S. The molecule has 1 heterocycles. The van der Waals surface area contributed by atoms with E-state index in [0.717, 1.165) is 14.9 Å². The van der Waals surface area contributed by atoms with E-state index >= 15 is 0 Å². The average Bonchev–Trinajstić information content (AvgIpc) is 2.74. The predicted molar refractivity (Wildman–Crippen MR) is 80.3 cm³/mol. The van der Waals surface area contributed by atoms with Crippen LogP contribution in [0.5, 0.6) is 5.75 Å². The molecule has 1 aromatic carbocycles. The second-order valence-electron chi connectivity index (χ2n) is 4.33. The van der Waals surface area contributed by atoms with Crippen LogP contribution in [0.25, 0.3) is 0 Å². The number of carbonyl (C=O) groups is 1. The van der Waals surface area contributed by atoms with Crippen molar-refractivity contribution in [1.82, 2.24) is 4.90 Å². The molecule has 0 spiro atoms. The van der Waals surface area contributed by atoms with Gasteiger partial charge in [-0.15, -0.1) is 11.3 Å². The van der Waals surface area contributed by atoms with Gasteiger partial charge in [-0.05, 0) is 39.7 Å². The predicted octanol–water partition coefficient (Wildman–Crippen LogP) is 3.42. The van der Waals surface area contributed by atoms with Gasteiger partial charge in [0.25, 0.3) is 0 Å². The van der Waals surface area contributed by atoms with Gasteiger partial charge in [0.15, 0.2) is 0 Å². The largest absolute Gasteiger partial charge is 0.508 e. The number of aromatic hydroxyl groups is 1. The summed E-state index contributed by atoms with van der Waals surface area (Å²) in [6.45, 7) is 0.605. The normalized spacial score (nSPS) is 10.4. The first-order chi connectivity index (χ1) is 9.04. The Kier molecular flexibility index (Phi) is 4.61. The van der Waals surface area contributed by atoms with Gasteiger partial charge in [-0.1, -0.05) is 12.1 Å². The molecule has 1 N–H and O–H groups in total. The topological polar surface area (TPSA) is 40.5 Å². The highest BCUT2D eigenvalue weighted by atomic mass is 79.9. The third-order valence-corrected chi connectivity index (χ3v) is 4.39. The fourth-order valence-corrected chi connectivity index (χ4v) is 3.24. The molecule has 0 bridgehead atoms. The molecule has 2 aromatic rings. The molecule has 0 aliphatic heterocycles. The van der Waals surface area contributed by atoms with Crippen LogP contribution in [-0.2, 0) is 17.8 Å². The number of halogens is 1. The van der Waals surface area contributed by atoms with E-state index in [4.69, 9.17) is 0 Å². The summed E-state index contributed by atoms with van der Waals surface area (Å²) in [5.41, 5.74) is 0.823. The average molecular weight is 340 g/mol. The number of rotatable bonds is 4. The van der Waals surface area contributed by atoms with Crippen LogP contribution in [-0.4, -0.2) is 23.0 Å². The Balaban J connectivity index is 1.96. The third kappa shape index (κ3) is 4.08. The zero-order valence-electron chi connectivity index (χ0n) is 10.5. The number of benzene rings is 1. The van der Waals surface area contributed by atoms with Crippen molar-refractivity contribution in [2.45, 2.75) is 13.0 Å². The van der Waals surface area contributed by atoms with E-state index in [0.29, 0.717) is 13.0 Å². The number of phenolic OH excluding ortho intramolecular Hbond substituents is 1. The number of carbonyl (C=O) groups excluding carboxylic acids is 1. The van der Waals surface area contributed by atoms with Crippen LogP contribution in [0.4, 0.5) is 0 Å². The lowest BCUT2D eigenvalue weighted by Crippen LogP contribution is -2.27. The van der Waals surface area contributed by atoms with Gasteiger partial charge in [0.2, 0.25) is 5.91 Å². The van der Waals surface area contributed by atoms with E-state index in [9.17, 15) is 9.90 Å². The molecule has 19 heavy (non-hydrogen) atoms. The minimum absolute atomic E-state index is 0.0372. The highest BCUT2D eigenvalue weighted by molar-refractivity contribution is 9.10. The Morgan fingerprint density at radius 3 is 2.84 bits per heavy atom. The van der Waals surface area contributed by atoms with Gasteiger partial charge >= 0.3 is 0 Å². The molecule has 0 atom stereocenters. The minimum Gasteiger partial charge on any atom is -0.508 e. The van der Waals surface area contributed by atoms with Crippen molar-refractivity contribution in [2.24, 2.45) is 0 Å². The SMILES string of the molecule is CN(Cc1cc(Br)cs1)C(=O)Cc1cccc(O)c1. The van der Waals surface area contributed by atoms with Crippen LogP contribution in [0.3, 0.4) is 0 Å². The second kappa shape index (κ2) is 6.21. The summed E-state index contributed by atoms with van der Waals surface area (Å²) in [6, 6.07) is 8.82. The molecule has 1 amide bonds. The highest BCUT2D eigenvalue weighted by Crippen LogP contribution is 2.21. The summed E-state index contributed by atoms with van der Waals surface area (Å²) in [7, 11) is 1.79. The summed E-state index contributed by atoms with van der Waals surface area (Å²) < 4.78 is 1.04. The molecule has 2 rings (SSSR count). The van der Waals surface area contributed by atoms with Crippen molar-refractivity contribution in [3.05, 3.63) is 50.6 Å². The van der Waals surface area contributed by atoms with Crippen LogP contribution in [0.2, 0.25) is 0 Å². The second-order valence-corrected chi connectivity index (χ2v) is 6.24. The van der Waals surface area contributed by atoms with Crippen LogP contribution in [0.15, 0.2) is 40.2 Å². The molecule has 0 radical (unpaired) electrons. The van der Waals surface area contributed by atoms with Crippen molar-refractivity contribution >= 4 is 33.2 Å². The number of amides is 1. The van der Waals surface area contributed by atoms with Gasteiger partial charge in [0.05, 0.1) is 13.0 Å². The summed E-state index contributed by atoms with van der Waals surface area (Å²) in [5.74, 6) is 0.227. The van der Waals surface area contributed by atoms with Crippen molar-refractivity contribution in [3.63, 3.8) is 0 Å². The molecular weight excluding hydrogens is 326 g/mol. The number of hydrogen-bond acceptors (Lipinski definition) is 3. The van der Waals surface area contributed by atoms with Gasteiger partial charge < -0.3 is 10.0 Å². The van der Waals surface area contributed by atoms with Crippen LogP contribution < -0.4 is 0 Å². The Hall–Kier alpha value is -1.33. The van der Waals surface area contributed by atoms with Gasteiger partial charge in [0.1, 0.15) is 5.75 Å². The molecule has 0 saturated carbocycles. The number of phenols is 1. The van der Waals surface area contributed by atoms with E-state index in [2.05, 4.69) is 15.9 Å². The number of hydrogen-bond donors (Lipinski definition) is 1. The molecule has 0 aliphatic rings. The zero-order chi connectivity index (χ0) is 13.8. The zero-order valence-corrected chi connectivity index (χ0v) is 12.9. The minimum atomic E-state index is 0.0372. The summed E-state index contributed by atoms with van der Waals surface area (Å²) >= 11 is 5.02. The van der Waals surface area contributed by atoms with Crippen LogP contribution in [0.1, 0.15) is 10.4 Å². The Bertz CT molecular complexity index is 582. The van der Waals surface area contributed by atoms with Gasteiger partial charge in [-0.2, -0.15) is 0 Å². The number of nitrogens with zero attached hydrogens (tertiary/aromatic N) is 1. The van der Waals surface area contributed by atoms with Gasteiger partial charge in [-0.3, -0.25) is 4.79 Å². The summed E-state index contributed by atoms with van der Waals surface area (Å²) in [5, 5.41) is 11.4. The van der Waals surface area contributed by atoms with Crippen molar-refractivity contribution < 1.29 is 9.90 Å². The molecule has 3 nitrogen and oxygen atoms in total. The van der Waals surface area contributed by atoms with Crippen molar-refractivity contribution in [3.8, 4) is 5.75 Å².